The van der Waals surface area contributed by atoms with Crippen LogP contribution < -0.4 is 10.1 Å². The van der Waals surface area contributed by atoms with E-state index in [9.17, 15) is 0 Å². The molecule has 1 unspecified atom stereocenters. The van der Waals surface area contributed by atoms with Gasteiger partial charge in [0.15, 0.2) is 0 Å². The quantitative estimate of drug-likeness (QED) is 0.811. The fourth-order valence-electron chi connectivity index (χ4n) is 2.06. The minimum Gasteiger partial charge on any atom is -0.497 e. The van der Waals surface area contributed by atoms with Gasteiger partial charge < -0.3 is 4.74 Å². The van der Waals surface area contributed by atoms with Crippen molar-refractivity contribution in [2.24, 2.45) is 0 Å². The second-order valence-corrected chi connectivity index (χ2v) is 4.64. The van der Waals surface area contributed by atoms with Crippen molar-refractivity contribution in [2.45, 2.75) is 19.0 Å². The Hall–Kier alpha value is -2.24. The van der Waals surface area contributed by atoms with Gasteiger partial charge in [0.2, 0.25) is 0 Å². The molecule has 0 aliphatic carbocycles. The van der Waals surface area contributed by atoms with Crippen LogP contribution in [0, 0.1) is 12.3 Å². The molecule has 0 saturated carbocycles. The van der Waals surface area contributed by atoms with Crippen LogP contribution >= 0.6 is 0 Å². The van der Waals surface area contributed by atoms with Crippen molar-refractivity contribution in [2.75, 3.05) is 7.11 Å². The van der Waals surface area contributed by atoms with Gasteiger partial charge in [0.1, 0.15) is 5.75 Å². The van der Waals surface area contributed by atoms with Gasteiger partial charge in [0.05, 0.1) is 13.2 Å². The van der Waals surface area contributed by atoms with Gasteiger partial charge in [-0.1, -0.05) is 48.4 Å². The highest BCUT2D eigenvalue weighted by molar-refractivity contribution is 5.30. The van der Waals surface area contributed by atoms with Crippen LogP contribution in [0.4, 0.5) is 0 Å². The predicted molar refractivity (Wildman–Crippen MR) is 82.6 cm³/mol. The molecule has 2 aromatic rings. The molecule has 0 aromatic heterocycles. The highest BCUT2D eigenvalue weighted by Crippen LogP contribution is 2.14. The number of hydrogen-bond acceptors (Lipinski definition) is 2. The Balaban J connectivity index is 1.94. The van der Waals surface area contributed by atoms with Gasteiger partial charge in [-0.25, -0.2) is 0 Å². The molecular formula is C18H19NO. The minimum atomic E-state index is 0.0160. The van der Waals surface area contributed by atoms with Crippen LogP contribution in [0.25, 0.3) is 0 Å². The second-order valence-electron chi connectivity index (χ2n) is 4.64. The van der Waals surface area contributed by atoms with Crippen LogP contribution in [0.15, 0.2) is 54.6 Å². The molecule has 2 nitrogen and oxygen atoms in total. The molecule has 0 bridgehead atoms. The molecule has 0 aliphatic rings. The third-order valence-corrected chi connectivity index (χ3v) is 3.17. The highest BCUT2D eigenvalue weighted by atomic mass is 16.5. The van der Waals surface area contributed by atoms with Gasteiger partial charge >= 0.3 is 0 Å². The summed E-state index contributed by atoms with van der Waals surface area (Å²) in [4.78, 5) is 0. The van der Waals surface area contributed by atoms with Crippen LogP contribution in [0.1, 0.15) is 11.1 Å². The maximum absolute atomic E-state index is 5.61. The first-order chi connectivity index (χ1) is 9.81. The van der Waals surface area contributed by atoms with Gasteiger partial charge in [-0.3, -0.25) is 5.32 Å². The predicted octanol–water partition coefficient (Wildman–Crippen LogP) is 3.03. The van der Waals surface area contributed by atoms with Gasteiger partial charge in [0.25, 0.3) is 0 Å². The van der Waals surface area contributed by atoms with E-state index in [-0.39, 0.29) is 6.04 Å². The smallest absolute Gasteiger partial charge is 0.119 e. The maximum Gasteiger partial charge on any atom is 0.119 e. The van der Waals surface area contributed by atoms with Crippen molar-refractivity contribution >= 4 is 0 Å². The van der Waals surface area contributed by atoms with E-state index in [4.69, 9.17) is 11.2 Å². The fourth-order valence-corrected chi connectivity index (χ4v) is 2.06. The first-order valence-corrected chi connectivity index (χ1v) is 6.68. The Bertz CT molecular complexity index is 571. The van der Waals surface area contributed by atoms with Crippen LogP contribution in [0.5, 0.6) is 5.75 Å². The first kappa shape index (κ1) is 14.2. The normalized spacial score (nSPS) is 11.6. The van der Waals surface area contributed by atoms with E-state index < -0.39 is 0 Å². The summed E-state index contributed by atoms with van der Waals surface area (Å²) in [6, 6.07) is 18.3. The molecule has 102 valence electrons. The van der Waals surface area contributed by atoms with Crippen LogP contribution in [0.3, 0.4) is 0 Å². The molecule has 0 saturated heterocycles. The summed E-state index contributed by atoms with van der Waals surface area (Å²) < 4.78 is 5.23. The minimum absolute atomic E-state index is 0.0160. The molecule has 0 amide bonds. The standard InChI is InChI=1S/C18H19NO/c1-3-17(19-14-15-8-5-4-6-9-15)12-16-10-7-11-18(13-16)20-2/h1,4-11,13,17,19H,12,14H2,2H3. The van der Waals surface area contributed by atoms with Crippen LogP contribution in [-0.2, 0) is 13.0 Å². The van der Waals surface area contributed by atoms with E-state index in [2.05, 4.69) is 29.4 Å². The lowest BCUT2D eigenvalue weighted by Gasteiger charge is -2.13. The Morgan fingerprint density at radius 1 is 1.10 bits per heavy atom. The zero-order valence-electron chi connectivity index (χ0n) is 11.7. The second kappa shape index (κ2) is 7.37. The van der Waals surface area contributed by atoms with Crippen molar-refractivity contribution in [1.82, 2.24) is 5.32 Å². The molecule has 0 radical (unpaired) electrons. The van der Waals surface area contributed by atoms with Crippen molar-refractivity contribution in [3.8, 4) is 18.1 Å². The van der Waals surface area contributed by atoms with Gasteiger partial charge in [-0.2, -0.15) is 0 Å². The zero-order chi connectivity index (χ0) is 14.2. The van der Waals surface area contributed by atoms with Crippen molar-refractivity contribution in [3.05, 3.63) is 65.7 Å². The molecule has 2 aromatic carbocycles. The SMILES string of the molecule is C#CC(Cc1cccc(OC)c1)NCc1ccccc1. The van der Waals surface area contributed by atoms with Crippen molar-refractivity contribution in [3.63, 3.8) is 0 Å². The lowest BCUT2D eigenvalue weighted by molar-refractivity contribution is 0.414. The molecule has 1 atom stereocenters. The van der Waals surface area contributed by atoms with Crippen molar-refractivity contribution in [1.29, 1.82) is 0 Å². The lowest BCUT2D eigenvalue weighted by Crippen LogP contribution is -2.29. The monoisotopic (exact) mass is 265 g/mol. The molecular weight excluding hydrogens is 246 g/mol. The number of nitrogens with one attached hydrogen (secondary N) is 1. The number of methoxy groups -OCH3 is 1. The van der Waals surface area contributed by atoms with E-state index in [1.807, 2.05) is 36.4 Å². The summed E-state index contributed by atoms with van der Waals surface area (Å²) in [6.45, 7) is 0.777. The number of rotatable bonds is 6. The lowest BCUT2D eigenvalue weighted by atomic mass is 10.1. The summed E-state index contributed by atoms with van der Waals surface area (Å²) in [5.41, 5.74) is 2.41. The average molecular weight is 265 g/mol. The third kappa shape index (κ3) is 4.15. The molecule has 0 heterocycles. The number of benzene rings is 2. The summed E-state index contributed by atoms with van der Waals surface area (Å²) >= 11 is 0. The van der Waals surface area contributed by atoms with Gasteiger partial charge in [-0.15, -0.1) is 6.42 Å². The molecule has 0 aliphatic heterocycles. The largest absolute Gasteiger partial charge is 0.497 e. The topological polar surface area (TPSA) is 21.3 Å². The van der Waals surface area contributed by atoms with Crippen LogP contribution in [-0.4, -0.2) is 13.2 Å². The molecule has 0 fully saturated rings. The van der Waals surface area contributed by atoms with E-state index in [0.717, 1.165) is 18.7 Å². The zero-order valence-corrected chi connectivity index (χ0v) is 11.7. The summed E-state index contributed by atoms with van der Waals surface area (Å²) in [5, 5.41) is 3.39. The maximum atomic E-state index is 5.61. The molecule has 1 N–H and O–H groups in total. The summed E-state index contributed by atoms with van der Waals surface area (Å²) in [5.74, 6) is 3.67. The summed E-state index contributed by atoms with van der Waals surface area (Å²) in [6.07, 6.45) is 6.40. The van der Waals surface area contributed by atoms with Crippen LogP contribution in [0.2, 0.25) is 0 Å². The Kier molecular flexibility index (Phi) is 5.23. The van der Waals surface area contributed by atoms with E-state index in [1.165, 1.54) is 11.1 Å². The Morgan fingerprint density at radius 2 is 1.85 bits per heavy atom. The highest BCUT2D eigenvalue weighted by Gasteiger charge is 2.06. The van der Waals surface area contributed by atoms with Gasteiger partial charge in [0, 0.05) is 6.54 Å². The molecule has 2 heteroatoms. The third-order valence-electron chi connectivity index (χ3n) is 3.17. The average Bonchev–Trinajstić information content (AvgIpc) is 2.52. The Morgan fingerprint density at radius 3 is 2.55 bits per heavy atom. The van der Waals surface area contributed by atoms with Gasteiger partial charge in [-0.05, 0) is 29.7 Å². The number of hydrogen-bond donors (Lipinski definition) is 1. The molecule has 2 rings (SSSR count). The van der Waals surface area contributed by atoms with Crippen molar-refractivity contribution < 1.29 is 4.74 Å². The fraction of sp³-hybridized carbons (Fsp3) is 0.222. The first-order valence-electron chi connectivity index (χ1n) is 6.68. The summed E-state index contributed by atoms with van der Waals surface area (Å²) in [7, 11) is 1.67. The number of ether oxygens (including phenoxy) is 1. The Labute approximate surface area is 120 Å². The van der Waals surface area contributed by atoms with E-state index in [1.54, 1.807) is 7.11 Å². The number of terminal acetylenes is 1. The molecule has 20 heavy (non-hydrogen) atoms. The van der Waals surface area contributed by atoms with E-state index >= 15 is 0 Å². The van der Waals surface area contributed by atoms with E-state index in [0.29, 0.717) is 0 Å². The molecule has 0 spiro atoms.